The third-order valence-corrected chi connectivity index (χ3v) is 6.48. The van der Waals surface area contributed by atoms with Crippen LogP contribution in [0.4, 0.5) is 0 Å². The Morgan fingerprint density at radius 3 is 2.69 bits per heavy atom. The Labute approximate surface area is 153 Å². The molecule has 1 heterocycles. The van der Waals surface area contributed by atoms with Crippen LogP contribution in [0.5, 0.6) is 0 Å². The second-order valence-electron chi connectivity index (χ2n) is 7.89. The Hall–Kier alpha value is -1.66. The van der Waals surface area contributed by atoms with Crippen molar-refractivity contribution in [2.45, 2.75) is 51.4 Å². The lowest BCUT2D eigenvalue weighted by molar-refractivity contribution is -0.154. The van der Waals surface area contributed by atoms with E-state index in [2.05, 4.69) is 13.2 Å². The molecule has 2 N–H and O–H groups in total. The van der Waals surface area contributed by atoms with Crippen molar-refractivity contribution in [3.8, 4) is 0 Å². The number of aliphatic hydroxyl groups is 2. The zero-order valence-corrected chi connectivity index (χ0v) is 15.4. The molecule has 1 saturated heterocycles. The van der Waals surface area contributed by atoms with Crippen LogP contribution >= 0.6 is 0 Å². The fraction of sp³-hybridized carbons (Fsp3) is 0.700. The van der Waals surface area contributed by atoms with Crippen LogP contribution in [-0.4, -0.2) is 47.1 Å². The summed E-state index contributed by atoms with van der Waals surface area (Å²) >= 11 is 0. The fourth-order valence-corrected chi connectivity index (χ4v) is 4.67. The normalized spacial score (nSPS) is 40.5. The molecule has 3 rings (SSSR count). The first-order valence-electron chi connectivity index (χ1n) is 9.38. The number of ether oxygens (including phenoxy) is 2. The SMILES string of the molecule is C=C1C(=O)OC2C1CCC(=C)C1C(O)C(O)C(COC(=O)C(C)CC)C21. The Morgan fingerprint density at radius 2 is 2.04 bits per heavy atom. The topological polar surface area (TPSA) is 93.1 Å². The van der Waals surface area contributed by atoms with E-state index in [1.54, 1.807) is 6.92 Å². The molecule has 6 heteroatoms. The average molecular weight is 364 g/mol. The Kier molecular flexibility index (Phi) is 5.26. The van der Waals surface area contributed by atoms with Crippen molar-refractivity contribution >= 4 is 11.9 Å². The average Bonchev–Trinajstić information content (AvgIpc) is 2.98. The molecule has 0 aromatic heterocycles. The minimum absolute atomic E-state index is 0.0108. The number of rotatable bonds is 4. The summed E-state index contributed by atoms with van der Waals surface area (Å²) in [6.45, 7) is 11.6. The van der Waals surface area contributed by atoms with Crippen LogP contribution in [0, 0.1) is 29.6 Å². The predicted octanol–water partition coefficient (Wildman–Crippen LogP) is 1.61. The maximum Gasteiger partial charge on any atom is 0.334 e. The highest BCUT2D eigenvalue weighted by Gasteiger charge is 2.59. The van der Waals surface area contributed by atoms with Gasteiger partial charge in [0.1, 0.15) is 6.10 Å². The molecule has 6 nitrogen and oxygen atoms in total. The van der Waals surface area contributed by atoms with E-state index in [-0.39, 0.29) is 36.2 Å². The molecule has 0 aromatic carbocycles. The van der Waals surface area contributed by atoms with Gasteiger partial charge in [0.05, 0.1) is 24.7 Å². The van der Waals surface area contributed by atoms with Gasteiger partial charge in [0.15, 0.2) is 0 Å². The summed E-state index contributed by atoms with van der Waals surface area (Å²) in [4.78, 5) is 24.1. The van der Waals surface area contributed by atoms with Gasteiger partial charge in [-0.25, -0.2) is 4.79 Å². The van der Waals surface area contributed by atoms with Crippen LogP contribution in [0.2, 0.25) is 0 Å². The Balaban J connectivity index is 1.87. The first-order chi connectivity index (χ1) is 12.3. The largest absolute Gasteiger partial charge is 0.465 e. The zero-order valence-electron chi connectivity index (χ0n) is 15.4. The van der Waals surface area contributed by atoms with Crippen LogP contribution in [0.1, 0.15) is 33.1 Å². The molecule has 3 aliphatic rings. The van der Waals surface area contributed by atoms with Crippen molar-refractivity contribution in [3.05, 3.63) is 24.3 Å². The van der Waals surface area contributed by atoms with Crippen molar-refractivity contribution in [1.82, 2.24) is 0 Å². The highest BCUT2D eigenvalue weighted by Crippen LogP contribution is 2.52. The van der Waals surface area contributed by atoms with E-state index in [0.29, 0.717) is 24.8 Å². The minimum Gasteiger partial charge on any atom is -0.465 e. The second kappa shape index (κ2) is 7.16. The summed E-state index contributed by atoms with van der Waals surface area (Å²) in [7, 11) is 0. The minimum atomic E-state index is -1.06. The van der Waals surface area contributed by atoms with Gasteiger partial charge in [-0.05, 0) is 19.3 Å². The van der Waals surface area contributed by atoms with E-state index in [4.69, 9.17) is 9.47 Å². The first-order valence-corrected chi connectivity index (χ1v) is 9.38. The van der Waals surface area contributed by atoms with Crippen molar-refractivity contribution in [2.75, 3.05) is 6.61 Å². The molecular formula is C20H28O6. The second-order valence-corrected chi connectivity index (χ2v) is 7.89. The van der Waals surface area contributed by atoms with E-state index < -0.39 is 30.2 Å². The van der Waals surface area contributed by atoms with E-state index in [1.165, 1.54) is 0 Å². The Bertz CT molecular complexity index is 626. The fourth-order valence-electron chi connectivity index (χ4n) is 4.67. The summed E-state index contributed by atoms with van der Waals surface area (Å²) in [5.41, 5.74) is 1.28. The Morgan fingerprint density at radius 1 is 1.35 bits per heavy atom. The van der Waals surface area contributed by atoms with Gasteiger partial charge >= 0.3 is 11.9 Å². The highest BCUT2D eigenvalue weighted by molar-refractivity contribution is 5.90. The van der Waals surface area contributed by atoms with E-state index >= 15 is 0 Å². The van der Waals surface area contributed by atoms with Crippen LogP contribution in [-0.2, 0) is 19.1 Å². The van der Waals surface area contributed by atoms with Gasteiger partial charge < -0.3 is 19.7 Å². The standard InChI is InChI=1S/C20H28O6/c1-5-9(2)19(23)25-8-13-15-14(17(22)16(13)21)10(3)6-7-12-11(4)20(24)26-18(12)15/h9,12-18,21-22H,3-8H2,1-2H3. The van der Waals surface area contributed by atoms with Crippen molar-refractivity contribution < 1.29 is 29.3 Å². The van der Waals surface area contributed by atoms with Crippen LogP contribution in [0.25, 0.3) is 0 Å². The number of fused-ring (bicyclic) bond motifs is 3. The molecule has 0 radical (unpaired) electrons. The first kappa shape index (κ1) is 19.1. The lowest BCUT2D eigenvalue weighted by atomic mass is 9.78. The molecule has 8 unspecified atom stereocenters. The number of carbonyl (C=O) groups is 2. The van der Waals surface area contributed by atoms with Crippen molar-refractivity contribution in [1.29, 1.82) is 0 Å². The highest BCUT2D eigenvalue weighted by atomic mass is 16.6. The molecule has 2 saturated carbocycles. The van der Waals surface area contributed by atoms with Gasteiger partial charge in [0.25, 0.3) is 0 Å². The van der Waals surface area contributed by atoms with Gasteiger partial charge in [-0.1, -0.05) is 32.6 Å². The molecular weight excluding hydrogens is 336 g/mol. The molecule has 0 bridgehead atoms. The van der Waals surface area contributed by atoms with E-state index in [1.807, 2.05) is 6.92 Å². The summed E-state index contributed by atoms with van der Waals surface area (Å²) in [6, 6.07) is 0. The number of esters is 2. The van der Waals surface area contributed by atoms with Gasteiger partial charge in [0.2, 0.25) is 0 Å². The molecule has 0 spiro atoms. The molecule has 8 atom stereocenters. The monoisotopic (exact) mass is 364 g/mol. The maximum atomic E-state index is 12.1. The molecule has 0 amide bonds. The third kappa shape index (κ3) is 2.99. The smallest absolute Gasteiger partial charge is 0.334 e. The van der Waals surface area contributed by atoms with Gasteiger partial charge in [-0.3, -0.25) is 4.79 Å². The van der Waals surface area contributed by atoms with Gasteiger partial charge in [-0.2, -0.15) is 0 Å². The number of hydrogen-bond donors (Lipinski definition) is 2. The zero-order chi connectivity index (χ0) is 19.2. The van der Waals surface area contributed by atoms with Gasteiger partial charge in [0, 0.05) is 29.2 Å². The summed E-state index contributed by atoms with van der Waals surface area (Å²) in [5, 5.41) is 21.2. The molecule has 26 heavy (non-hydrogen) atoms. The third-order valence-electron chi connectivity index (χ3n) is 6.48. The molecule has 3 fully saturated rings. The molecule has 2 aliphatic carbocycles. The summed E-state index contributed by atoms with van der Waals surface area (Å²) in [5.74, 6) is -2.36. The van der Waals surface area contributed by atoms with Gasteiger partial charge in [-0.15, -0.1) is 0 Å². The van der Waals surface area contributed by atoms with Crippen molar-refractivity contribution in [2.24, 2.45) is 29.6 Å². The van der Waals surface area contributed by atoms with E-state index in [9.17, 15) is 19.8 Å². The molecule has 1 aliphatic heterocycles. The molecule has 144 valence electrons. The number of carbonyl (C=O) groups excluding carboxylic acids is 2. The van der Waals surface area contributed by atoms with E-state index in [0.717, 1.165) is 5.57 Å². The lowest BCUT2D eigenvalue weighted by Crippen LogP contribution is -2.37. The lowest BCUT2D eigenvalue weighted by Gasteiger charge is -2.30. The predicted molar refractivity (Wildman–Crippen MR) is 93.8 cm³/mol. The maximum absolute atomic E-state index is 12.1. The number of hydrogen-bond acceptors (Lipinski definition) is 6. The number of aliphatic hydroxyl groups excluding tert-OH is 2. The van der Waals surface area contributed by atoms with Crippen molar-refractivity contribution in [3.63, 3.8) is 0 Å². The van der Waals surface area contributed by atoms with Crippen LogP contribution < -0.4 is 0 Å². The summed E-state index contributed by atoms with van der Waals surface area (Å²) in [6.07, 6.45) is -0.549. The summed E-state index contributed by atoms with van der Waals surface area (Å²) < 4.78 is 11.0. The van der Waals surface area contributed by atoms with Crippen LogP contribution in [0.15, 0.2) is 24.3 Å². The molecule has 0 aromatic rings. The van der Waals surface area contributed by atoms with Crippen LogP contribution in [0.3, 0.4) is 0 Å². The quantitative estimate of drug-likeness (QED) is 0.447.